The van der Waals surface area contributed by atoms with Gasteiger partial charge in [-0.2, -0.15) is 0 Å². The van der Waals surface area contributed by atoms with Gasteiger partial charge in [0.1, 0.15) is 0 Å². The van der Waals surface area contributed by atoms with E-state index in [0.717, 1.165) is 67.4 Å². The second-order valence-corrected chi connectivity index (χ2v) is 6.40. The predicted octanol–water partition coefficient (Wildman–Crippen LogP) is 0.944. The summed E-state index contributed by atoms with van der Waals surface area (Å²) in [6.45, 7) is 35.9. The Kier molecular flexibility index (Phi) is 26.3. The monoisotopic (exact) mass is 413 g/mol. The second-order valence-electron chi connectivity index (χ2n) is 6.40. The van der Waals surface area contributed by atoms with Crippen LogP contribution in [0.15, 0.2) is 63.3 Å². The maximum Gasteiger partial charge on any atom is 0.0973 e. The molecule has 0 aliphatic heterocycles. The van der Waals surface area contributed by atoms with Gasteiger partial charge in [-0.1, -0.05) is 39.0 Å². The summed E-state index contributed by atoms with van der Waals surface area (Å²) >= 11 is 0. The Morgan fingerprint density at radius 3 is 0.929 bits per heavy atom. The van der Waals surface area contributed by atoms with Crippen LogP contribution in [0.4, 0.5) is 0 Å². The third-order valence-corrected chi connectivity index (χ3v) is 4.93. The van der Waals surface area contributed by atoms with E-state index in [1.54, 1.807) is 0 Å². The van der Waals surface area contributed by atoms with E-state index in [1.165, 1.54) is 0 Å². The lowest BCUT2D eigenvalue weighted by molar-refractivity contribution is -0.914. The smallest absolute Gasteiger partial charge is 0.0973 e. The van der Waals surface area contributed by atoms with Crippen LogP contribution < -0.4 is 17.5 Å². The van der Waals surface area contributed by atoms with Crippen LogP contribution in [0, 0.1) is 5.41 Å². The molecule has 0 rings (SSSR count). The standard InChI is InChI=1S/2C10H20N.C3H5NO.ClH/c2*1-5-9-11(7-3,8-4)10-6-2;1-2-3(4)5;/h2*5-6H,1-2,7-10H2,3-4H3;2H,1H2,(H2,4,5);1H/q2*+1;;/p-2. The molecule has 1 N–H and O–H groups in total. The fraction of sp³-hybridized carbons (Fsp3) is 0.522. The summed E-state index contributed by atoms with van der Waals surface area (Å²) < 4.78 is 2.18. The highest BCUT2D eigenvalue weighted by Gasteiger charge is 2.19. The SMILES string of the molecule is C=CC(=N)[O-].C=CC[N+](CC)(CC)CC=C.C=CC[N+](CC)(CC)CC=C.[Cl-]. The second kappa shape index (κ2) is 21.7. The van der Waals surface area contributed by atoms with Gasteiger partial charge in [-0.15, -0.1) is 0 Å². The topological polar surface area (TPSA) is 46.9 Å². The van der Waals surface area contributed by atoms with Crippen molar-refractivity contribution in [2.75, 3.05) is 52.4 Å². The highest BCUT2D eigenvalue weighted by molar-refractivity contribution is 5.79. The molecular formula is C23H44ClN3O. The number of hydrogen-bond donors (Lipinski definition) is 1. The largest absolute Gasteiger partial charge is 1.00 e. The van der Waals surface area contributed by atoms with Crippen LogP contribution in [0.1, 0.15) is 27.7 Å². The first-order valence-electron chi connectivity index (χ1n) is 9.78. The minimum absolute atomic E-state index is 0. The minimum Gasteiger partial charge on any atom is -1.00 e. The summed E-state index contributed by atoms with van der Waals surface area (Å²) in [4.78, 5) is 0. The Balaban J connectivity index is -0.000000162. The van der Waals surface area contributed by atoms with Crippen molar-refractivity contribution in [1.29, 1.82) is 5.41 Å². The van der Waals surface area contributed by atoms with Gasteiger partial charge in [0.25, 0.3) is 0 Å². The number of hydrogen-bond acceptors (Lipinski definition) is 2. The Morgan fingerprint density at radius 2 is 0.857 bits per heavy atom. The summed E-state index contributed by atoms with van der Waals surface area (Å²) in [5.41, 5.74) is 0. The van der Waals surface area contributed by atoms with Crippen molar-refractivity contribution in [3.8, 4) is 0 Å². The fourth-order valence-corrected chi connectivity index (χ4v) is 2.72. The summed E-state index contributed by atoms with van der Waals surface area (Å²) in [6.07, 6.45) is 8.93. The van der Waals surface area contributed by atoms with Gasteiger partial charge in [0.15, 0.2) is 0 Å². The zero-order valence-corrected chi connectivity index (χ0v) is 19.5. The number of nitrogens with zero attached hydrogens (tertiary/aromatic N) is 2. The Morgan fingerprint density at radius 1 is 0.679 bits per heavy atom. The molecule has 0 bridgehead atoms. The lowest BCUT2D eigenvalue weighted by Gasteiger charge is -2.34. The van der Waals surface area contributed by atoms with Gasteiger partial charge in [-0.3, -0.25) is 0 Å². The number of nitrogens with one attached hydrogen (secondary N) is 1. The average Bonchev–Trinajstić information content (AvgIpc) is 2.68. The molecule has 0 radical (unpaired) electrons. The molecule has 0 heterocycles. The molecule has 0 atom stereocenters. The molecule has 0 aromatic heterocycles. The first-order valence-corrected chi connectivity index (χ1v) is 9.78. The normalized spacial score (nSPS) is 9.86. The van der Waals surface area contributed by atoms with Crippen LogP contribution in [-0.4, -0.2) is 67.2 Å². The minimum atomic E-state index is -0.731. The predicted molar refractivity (Wildman–Crippen MR) is 121 cm³/mol. The first kappa shape index (κ1) is 33.9. The zero-order chi connectivity index (χ0) is 21.8. The summed E-state index contributed by atoms with van der Waals surface area (Å²) in [6, 6.07) is 0. The Labute approximate surface area is 181 Å². The molecule has 0 aromatic rings. The van der Waals surface area contributed by atoms with Crippen molar-refractivity contribution in [2.24, 2.45) is 0 Å². The first-order chi connectivity index (χ1) is 12.8. The molecule has 5 heteroatoms. The molecule has 28 heavy (non-hydrogen) atoms. The number of quaternary nitrogens is 2. The average molecular weight is 414 g/mol. The molecule has 0 aliphatic carbocycles. The molecule has 0 aromatic carbocycles. The maximum absolute atomic E-state index is 9.36. The molecular weight excluding hydrogens is 370 g/mol. The number of rotatable bonds is 13. The summed E-state index contributed by atoms with van der Waals surface area (Å²) in [7, 11) is 0. The molecule has 0 amide bonds. The molecule has 0 saturated heterocycles. The molecule has 0 saturated carbocycles. The fourth-order valence-electron chi connectivity index (χ4n) is 2.72. The van der Waals surface area contributed by atoms with E-state index in [-0.39, 0.29) is 12.4 Å². The Hall–Kier alpha value is -1.62. The third kappa shape index (κ3) is 16.5. The number of halogens is 1. The maximum atomic E-state index is 9.36. The van der Waals surface area contributed by atoms with Crippen LogP contribution in [0.5, 0.6) is 0 Å². The van der Waals surface area contributed by atoms with E-state index in [2.05, 4.69) is 60.6 Å². The molecule has 0 unspecified atom stereocenters. The van der Waals surface area contributed by atoms with Crippen LogP contribution in [0.25, 0.3) is 0 Å². The van der Waals surface area contributed by atoms with Gasteiger partial charge in [0.05, 0.1) is 52.4 Å². The highest BCUT2D eigenvalue weighted by Crippen LogP contribution is 2.06. The van der Waals surface area contributed by atoms with Crippen molar-refractivity contribution >= 4 is 5.90 Å². The van der Waals surface area contributed by atoms with Crippen LogP contribution in [-0.2, 0) is 0 Å². The quantitative estimate of drug-likeness (QED) is 0.208. The van der Waals surface area contributed by atoms with Crippen molar-refractivity contribution in [3.05, 3.63) is 63.3 Å². The van der Waals surface area contributed by atoms with Gasteiger partial charge >= 0.3 is 0 Å². The van der Waals surface area contributed by atoms with E-state index < -0.39 is 5.90 Å². The highest BCUT2D eigenvalue weighted by atomic mass is 35.5. The molecule has 0 spiro atoms. The van der Waals surface area contributed by atoms with E-state index in [1.807, 2.05) is 24.3 Å². The van der Waals surface area contributed by atoms with Crippen molar-refractivity contribution in [2.45, 2.75) is 27.7 Å². The lowest BCUT2D eigenvalue weighted by Crippen LogP contribution is -3.00. The molecule has 4 nitrogen and oxygen atoms in total. The Bertz CT molecular complexity index is 383. The van der Waals surface area contributed by atoms with E-state index in [4.69, 9.17) is 5.41 Å². The van der Waals surface area contributed by atoms with Crippen molar-refractivity contribution in [3.63, 3.8) is 0 Å². The zero-order valence-electron chi connectivity index (χ0n) is 18.8. The van der Waals surface area contributed by atoms with Gasteiger partial charge in [0, 0.05) is 0 Å². The summed E-state index contributed by atoms with van der Waals surface area (Å²) in [5.74, 6) is -0.731. The molecule has 0 fully saturated rings. The number of likely N-dealkylation sites (N-methyl/N-ethyl adjacent to an activating group) is 2. The lowest BCUT2D eigenvalue weighted by atomic mass is 10.3. The van der Waals surface area contributed by atoms with Crippen LogP contribution in [0.2, 0.25) is 0 Å². The van der Waals surface area contributed by atoms with Crippen LogP contribution in [0.3, 0.4) is 0 Å². The van der Waals surface area contributed by atoms with Gasteiger partial charge < -0.3 is 31.9 Å². The molecule has 164 valence electrons. The molecule has 0 aliphatic rings. The summed E-state index contributed by atoms with van der Waals surface area (Å²) in [5, 5.41) is 15.4. The van der Waals surface area contributed by atoms with Gasteiger partial charge in [0.2, 0.25) is 0 Å². The van der Waals surface area contributed by atoms with Crippen LogP contribution >= 0.6 is 0 Å². The van der Waals surface area contributed by atoms with E-state index in [9.17, 15) is 5.11 Å². The van der Waals surface area contributed by atoms with Gasteiger partial charge in [-0.05, 0) is 57.9 Å². The van der Waals surface area contributed by atoms with Crippen molar-refractivity contribution in [1.82, 2.24) is 0 Å². The third-order valence-electron chi connectivity index (χ3n) is 4.93. The van der Waals surface area contributed by atoms with E-state index >= 15 is 0 Å². The van der Waals surface area contributed by atoms with E-state index in [0.29, 0.717) is 0 Å². The van der Waals surface area contributed by atoms with Crippen molar-refractivity contribution < 1.29 is 26.5 Å². The van der Waals surface area contributed by atoms with Gasteiger partial charge in [-0.25, -0.2) is 0 Å².